The molecule has 0 saturated heterocycles. The number of likely N-dealkylation sites (N-methyl/N-ethyl adjacent to an activating group) is 1. The lowest BCUT2D eigenvalue weighted by Gasteiger charge is -2.18. The molecule has 0 aliphatic carbocycles. The standard InChI is InChI=1S/C9H19N3O5S/c1-11(2)8(13)7-10-18(15,16)12(3)6-5-9(14)17-4/h10H,5-7H2,1-4H3. The summed E-state index contributed by atoms with van der Waals surface area (Å²) in [7, 11) is 1.82. The minimum Gasteiger partial charge on any atom is -0.469 e. The van der Waals surface area contributed by atoms with Gasteiger partial charge in [0.15, 0.2) is 0 Å². The van der Waals surface area contributed by atoms with Gasteiger partial charge in [-0.05, 0) is 0 Å². The summed E-state index contributed by atoms with van der Waals surface area (Å²) in [6, 6.07) is 0. The number of carbonyl (C=O) groups is 2. The topological polar surface area (TPSA) is 96.0 Å². The van der Waals surface area contributed by atoms with Gasteiger partial charge in [-0.2, -0.15) is 17.4 Å². The van der Waals surface area contributed by atoms with E-state index in [-0.39, 0.29) is 25.4 Å². The molecule has 0 unspecified atom stereocenters. The van der Waals surface area contributed by atoms with Crippen LogP contribution in [0.2, 0.25) is 0 Å². The van der Waals surface area contributed by atoms with Crippen molar-refractivity contribution < 1.29 is 22.7 Å². The van der Waals surface area contributed by atoms with Crippen LogP contribution in [0, 0.1) is 0 Å². The normalized spacial score (nSPS) is 11.4. The zero-order valence-corrected chi connectivity index (χ0v) is 11.8. The number of nitrogens with zero attached hydrogens (tertiary/aromatic N) is 2. The summed E-state index contributed by atoms with van der Waals surface area (Å²) in [5, 5.41) is 0. The van der Waals surface area contributed by atoms with E-state index in [0.29, 0.717) is 0 Å². The molecule has 9 heteroatoms. The summed E-state index contributed by atoms with van der Waals surface area (Å²) in [6.07, 6.45) is -0.0461. The summed E-state index contributed by atoms with van der Waals surface area (Å²) >= 11 is 0. The highest BCUT2D eigenvalue weighted by Crippen LogP contribution is 1.96. The predicted molar refractivity (Wildman–Crippen MR) is 64.9 cm³/mol. The van der Waals surface area contributed by atoms with Crippen LogP contribution in [0.4, 0.5) is 0 Å². The number of hydrogen-bond donors (Lipinski definition) is 1. The molecule has 0 spiro atoms. The molecule has 0 aliphatic heterocycles. The van der Waals surface area contributed by atoms with Crippen molar-refractivity contribution in [2.45, 2.75) is 6.42 Å². The molecule has 0 aromatic rings. The monoisotopic (exact) mass is 281 g/mol. The molecule has 0 aromatic heterocycles. The number of hydrogen-bond acceptors (Lipinski definition) is 5. The lowest BCUT2D eigenvalue weighted by Crippen LogP contribution is -2.43. The van der Waals surface area contributed by atoms with Gasteiger partial charge in [0.05, 0.1) is 20.1 Å². The first-order chi connectivity index (χ1) is 8.20. The predicted octanol–water partition coefficient (Wildman–Crippen LogP) is -1.60. The quantitative estimate of drug-likeness (QED) is 0.567. The fourth-order valence-electron chi connectivity index (χ4n) is 0.892. The van der Waals surface area contributed by atoms with Gasteiger partial charge in [-0.1, -0.05) is 0 Å². The highest BCUT2D eigenvalue weighted by molar-refractivity contribution is 7.87. The van der Waals surface area contributed by atoms with Crippen molar-refractivity contribution in [3.8, 4) is 0 Å². The largest absolute Gasteiger partial charge is 0.469 e. The van der Waals surface area contributed by atoms with Gasteiger partial charge in [0.1, 0.15) is 0 Å². The lowest BCUT2D eigenvalue weighted by molar-refractivity contribution is -0.140. The van der Waals surface area contributed by atoms with Crippen molar-refractivity contribution in [1.82, 2.24) is 13.9 Å². The minimum atomic E-state index is -3.76. The fraction of sp³-hybridized carbons (Fsp3) is 0.778. The third-order valence-electron chi connectivity index (χ3n) is 2.17. The summed E-state index contributed by atoms with van der Waals surface area (Å²) in [5.74, 6) is -0.860. The molecule has 0 fully saturated rings. The molecule has 0 heterocycles. The average Bonchev–Trinajstić information content (AvgIpc) is 2.32. The Hall–Kier alpha value is -1.19. The van der Waals surface area contributed by atoms with Crippen LogP contribution in [0.5, 0.6) is 0 Å². The molecular weight excluding hydrogens is 262 g/mol. The third kappa shape index (κ3) is 5.94. The Morgan fingerprint density at radius 2 is 1.78 bits per heavy atom. The van der Waals surface area contributed by atoms with Crippen molar-refractivity contribution in [3.63, 3.8) is 0 Å². The van der Waals surface area contributed by atoms with E-state index in [2.05, 4.69) is 9.46 Å². The average molecular weight is 281 g/mol. The number of ether oxygens (including phenoxy) is 1. The number of nitrogens with one attached hydrogen (secondary N) is 1. The van der Waals surface area contributed by atoms with E-state index >= 15 is 0 Å². The Labute approximate surface area is 107 Å². The molecule has 1 amide bonds. The van der Waals surface area contributed by atoms with E-state index in [1.165, 1.54) is 33.2 Å². The van der Waals surface area contributed by atoms with Crippen LogP contribution >= 0.6 is 0 Å². The maximum absolute atomic E-state index is 11.7. The molecule has 0 aliphatic rings. The van der Waals surface area contributed by atoms with Gasteiger partial charge in [0.25, 0.3) is 10.2 Å². The Morgan fingerprint density at radius 1 is 1.22 bits per heavy atom. The Kier molecular flexibility index (Phi) is 6.81. The second kappa shape index (κ2) is 7.29. The summed E-state index contributed by atoms with van der Waals surface area (Å²) in [5.41, 5.74) is 0. The SMILES string of the molecule is COC(=O)CCN(C)S(=O)(=O)NCC(=O)N(C)C. The number of methoxy groups -OCH3 is 1. The van der Waals surface area contributed by atoms with Gasteiger partial charge < -0.3 is 9.64 Å². The molecule has 8 nitrogen and oxygen atoms in total. The van der Waals surface area contributed by atoms with E-state index in [0.717, 1.165) is 4.31 Å². The molecule has 18 heavy (non-hydrogen) atoms. The zero-order valence-electron chi connectivity index (χ0n) is 11.0. The van der Waals surface area contributed by atoms with Crippen molar-refractivity contribution >= 4 is 22.1 Å². The van der Waals surface area contributed by atoms with Crippen LogP contribution < -0.4 is 4.72 Å². The van der Waals surface area contributed by atoms with Crippen LogP contribution in [-0.4, -0.2) is 70.8 Å². The number of esters is 1. The van der Waals surface area contributed by atoms with Crippen LogP contribution in [0.25, 0.3) is 0 Å². The zero-order chi connectivity index (χ0) is 14.3. The smallest absolute Gasteiger partial charge is 0.306 e. The van der Waals surface area contributed by atoms with E-state index in [9.17, 15) is 18.0 Å². The molecule has 0 rings (SSSR count). The first kappa shape index (κ1) is 16.8. The second-order valence-corrected chi connectivity index (χ2v) is 5.62. The van der Waals surface area contributed by atoms with Crippen LogP contribution in [0.3, 0.4) is 0 Å². The van der Waals surface area contributed by atoms with E-state index in [1.54, 1.807) is 0 Å². The van der Waals surface area contributed by atoms with Crippen molar-refractivity contribution in [2.24, 2.45) is 0 Å². The van der Waals surface area contributed by atoms with Crippen LogP contribution in [0.15, 0.2) is 0 Å². The van der Waals surface area contributed by atoms with Gasteiger partial charge >= 0.3 is 5.97 Å². The number of rotatable bonds is 7. The van der Waals surface area contributed by atoms with E-state index < -0.39 is 16.2 Å². The van der Waals surface area contributed by atoms with E-state index in [4.69, 9.17) is 0 Å². The van der Waals surface area contributed by atoms with Gasteiger partial charge in [-0.3, -0.25) is 9.59 Å². The van der Waals surface area contributed by atoms with Gasteiger partial charge in [0.2, 0.25) is 5.91 Å². The maximum Gasteiger partial charge on any atom is 0.306 e. The summed E-state index contributed by atoms with van der Waals surface area (Å²) in [6.45, 7) is -0.337. The second-order valence-electron chi connectivity index (χ2n) is 3.76. The molecule has 0 aromatic carbocycles. The third-order valence-corrected chi connectivity index (χ3v) is 3.69. The van der Waals surface area contributed by atoms with Crippen molar-refractivity contribution in [2.75, 3.05) is 41.3 Å². The molecule has 0 saturated carbocycles. The lowest BCUT2D eigenvalue weighted by atomic mass is 10.4. The van der Waals surface area contributed by atoms with Crippen molar-refractivity contribution in [3.05, 3.63) is 0 Å². The Morgan fingerprint density at radius 3 is 2.22 bits per heavy atom. The Bertz CT molecular complexity index is 393. The van der Waals surface area contributed by atoms with Crippen LogP contribution in [-0.2, 0) is 24.5 Å². The maximum atomic E-state index is 11.7. The highest BCUT2D eigenvalue weighted by atomic mass is 32.2. The molecule has 0 atom stereocenters. The van der Waals surface area contributed by atoms with Gasteiger partial charge in [0, 0.05) is 27.7 Å². The first-order valence-electron chi connectivity index (χ1n) is 5.18. The van der Waals surface area contributed by atoms with Gasteiger partial charge in [-0.15, -0.1) is 0 Å². The van der Waals surface area contributed by atoms with E-state index in [1.807, 2.05) is 0 Å². The molecule has 106 valence electrons. The number of amides is 1. The fourth-order valence-corrected chi connectivity index (χ4v) is 1.75. The summed E-state index contributed by atoms with van der Waals surface area (Å²) < 4.78 is 30.8. The van der Waals surface area contributed by atoms with Crippen molar-refractivity contribution in [1.29, 1.82) is 0 Å². The molecule has 0 radical (unpaired) electrons. The van der Waals surface area contributed by atoms with Crippen LogP contribution in [0.1, 0.15) is 6.42 Å². The van der Waals surface area contributed by atoms with Gasteiger partial charge in [-0.25, -0.2) is 0 Å². The minimum absolute atomic E-state index is 0.0157. The first-order valence-corrected chi connectivity index (χ1v) is 6.62. The Balaban J connectivity index is 4.28. The number of carbonyl (C=O) groups excluding carboxylic acids is 2. The summed E-state index contributed by atoms with van der Waals surface area (Å²) in [4.78, 5) is 23.4. The highest BCUT2D eigenvalue weighted by Gasteiger charge is 2.19. The molecule has 0 bridgehead atoms. The molecule has 1 N–H and O–H groups in total. The molecular formula is C9H19N3O5S.